The summed E-state index contributed by atoms with van der Waals surface area (Å²) in [5.41, 5.74) is 5.40. The molecule has 1 saturated carbocycles. The summed E-state index contributed by atoms with van der Waals surface area (Å²) in [4.78, 5) is 15.5. The molecule has 0 saturated heterocycles. The lowest BCUT2D eigenvalue weighted by Gasteiger charge is -2.36. The molecule has 2 N–H and O–H groups in total. The Labute approximate surface area is 129 Å². The molecule has 0 atom stereocenters. The van der Waals surface area contributed by atoms with Gasteiger partial charge in [-0.2, -0.15) is 0 Å². The van der Waals surface area contributed by atoms with E-state index in [0.29, 0.717) is 10.9 Å². The maximum atomic E-state index is 13.1. The monoisotopic (exact) mass is 298 g/mol. The normalized spacial score (nSPS) is 15.2. The fraction of sp³-hybridized carbons (Fsp3) is 0.875. The van der Waals surface area contributed by atoms with E-state index >= 15 is 0 Å². The molecule has 0 radical (unpaired) electrons. The first-order chi connectivity index (χ1) is 9.51. The highest BCUT2D eigenvalue weighted by molar-refractivity contribution is 7.80. The van der Waals surface area contributed by atoms with Crippen LogP contribution in [0.5, 0.6) is 0 Å². The Kier molecular flexibility index (Phi) is 6.93. The van der Waals surface area contributed by atoms with Crippen LogP contribution < -0.4 is 5.73 Å². The van der Waals surface area contributed by atoms with Gasteiger partial charge >= 0.3 is 0 Å². The molecular formula is C16H30N2OS. The van der Waals surface area contributed by atoms with Crippen molar-refractivity contribution in [2.24, 2.45) is 17.1 Å². The van der Waals surface area contributed by atoms with Gasteiger partial charge in [-0.15, -0.1) is 0 Å². The van der Waals surface area contributed by atoms with E-state index in [1.807, 2.05) is 4.90 Å². The predicted octanol–water partition coefficient (Wildman–Crippen LogP) is 3.51. The lowest BCUT2D eigenvalue weighted by Crippen LogP contribution is -2.51. The van der Waals surface area contributed by atoms with Crippen LogP contribution in [-0.4, -0.2) is 28.9 Å². The minimum absolute atomic E-state index is 0.183. The van der Waals surface area contributed by atoms with Crippen LogP contribution in [-0.2, 0) is 4.79 Å². The van der Waals surface area contributed by atoms with Crippen molar-refractivity contribution in [1.82, 2.24) is 4.90 Å². The second-order valence-electron chi connectivity index (χ2n) is 6.14. The Morgan fingerprint density at radius 3 is 2.10 bits per heavy atom. The van der Waals surface area contributed by atoms with Gasteiger partial charge in [0.1, 0.15) is 0 Å². The zero-order valence-electron chi connectivity index (χ0n) is 13.3. The summed E-state index contributed by atoms with van der Waals surface area (Å²) in [5, 5.41) is 0. The average molecular weight is 298 g/mol. The first-order valence-electron chi connectivity index (χ1n) is 8.11. The standard InChI is InChI=1S/C16H30N2OS/c1-4-9-16(10-5-2,14(17)20)15(19)18(11-6-3)12-13-7-8-13/h13H,4-12H2,1-3H3,(H2,17,20). The topological polar surface area (TPSA) is 46.3 Å². The van der Waals surface area contributed by atoms with Crippen molar-refractivity contribution < 1.29 is 4.79 Å². The Bertz CT molecular complexity index is 333. The number of rotatable bonds is 10. The van der Waals surface area contributed by atoms with Crippen molar-refractivity contribution in [3.05, 3.63) is 0 Å². The fourth-order valence-electron chi connectivity index (χ4n) is 3.00. The summed E-state index contributed by atoms with van der Waals surface area (Å²) >= 11 is 5.30. The van der Waals surface area contributed by atoms with Gasteiger partial charge in [0.05, 0.1) is 10.4 Å². The number of nitrogens with two attached hydrogens (primary N) is 1. The molecule has 1 fully saturated rings. The number of nitrogens with zero attached hydrogens (tertiary/aromatic N) is 1. The summed E-state index contributed by atoms with van der Waals surface area (Å²) in [5.74, 6) is 0.889. The molecule has 0 heterocycles. The van der Waals surface area contributed by atoms with Crippen LogP contribution in [0.2, 0.25) is 0 Å². The van der Waals surface area contributed by atoms with Gasteiger partial charge in [0.15, 0.2) is 0 Å². The molecule has 0 bridgehead atoms. The second-order valence-corrected chi connectivity index (χ2v) is 6.58. The van der Waals surface area contributed by atoms with E-state index in [9.17, 15) is 4.79 Å². The van der Waals surface area contributed by atoms with Gasteiger partial charge in [0.2, 0.25) is 5.91 Å². The third kappa shape index (κ3) is 4.18. The molecule has 0 aromatic carbocycles. The fourth-order valence-corrected chi connectivity index (χ4v) is 3.30. The number of thiocarbonyl (C=S) groups is 1. The third-order valence-electron chi connectivity index (χ3n) is 4.19. The van der Waals surface area contributed by atoms with Crippen molar-refractivity contribution in [2.45, 2.75) is 65.7 Å². The molecular weight excluding hydrogens is 268 g/mol. The summed E-state index contributed by atoms with van der Waals surface area (Å²) in [6.07, 6.45) is 6.94. The number of carbonyl (C=O) groups is 1. The van der Waals surface area contributed by atoms with Gasteiger partial charge in [-0.05, 0) is 38.0 Å². The van der Waals surface area contributed by atoms with E-state index in [1.165, 1.54) is 12.8 Å². The quantitative estimate of drug-likeness (QED) is 0.628. The average Bonchev–Trinajstić information content (AvgIpc) is 3.20. The molecule has 1 rings (SSSR count). The second kappa shape index (κ2) is 7.96. The van der Waals surface area contributed by atoms with Crippen LogP contribution in [0.4, 0.5) is 0 Å². The van der Waals surface area contributed by atoms with Crippen molar-refractivity contribution in [1.29, 1.82) is 0 Å². The Morgan fingerprint density at radius 2 is 1.75 bits per heavy atom. The highest BCUT2D eigenvalue weighted by atomic mass is 32.1. The lowest BCUT2D eigenvalue weighted by molar-refractivity contribution is -0.139. The van der Waals surface area contributed by atoms with Crippen molar-refractivity contribution in [3.63, 3.8) is 0 Å². The van der Waals surface area contributed by atoms with E-state index in [0.717, 1.165) is 45.2 Å². The highest BCUT2D eigenvalue weighted by Gasteiger charge is 2.43. The van der Waals surface area contributed by atoms with Gasteiger partial charge in [-0.25, -0.2) is 0 Å². The molecule has 1 aliphatic rings. The Morgan fingerprint density at radius 1 is 1.20 bits per heavy atom. The van der Waals surface area contributed by atoms with E-state index in [1.54, 1.807) is 0 Å². The highest BCUT2D eigenvalue weighted by Crippen LogP contribution is 2.36. The zero-order chi connectivity index (χ0) is 15.2. The number of amides is 1. The zero-order valence-corrected chi connectivity index (χ0v) is 14.1. The largest absolute Gasteiger partial charge is 0.392 e. The summed E-state index contributed by atoms with van der Waals surface area (Å²) in [6.45, 7) is 8.04. The molecule has 0 aromatic rings. The Balaban J connectivity index is 2.94. The number of hydrogen-bond acceptors (Lipinski definition) is 2. The molecule has 20 heavy (non-hydrogen) atoms. The van der Waals surface area contributed by atoms with Gasteiger partial charge in [0, 0.05) is 13.1 Å². The Hall–Kier alpha value is -0.640. The summed E-state index contributed by atoms with van der Waals surface area (Å²) in [7, 11) is 0. The maximum Gasteiger partial charge on any atom is 0.235 e. The van der Waals surface area contributed by atoms with Gasteiger partial charge < -0.3 is 10.6 Å². The predicted molar refractivity (Wildman–Crippen MR) is 88.6 cm³/mol. The summed E-state index contributed by atoms with van der Waals surface area (Å²) in [6, 6.07) is 0. The van der Waals surface area contributed by atoms with Crippen molar-refractivity contribution in [3.8, 4) is 0 Å². The van der Waals surface area contributed by atoms with Crippen LogP contribution in [0.15, 0.2) is 0 Å². The molecule has 116 valence electrons. The molecule has 1 amide bonds. The van der Waals surface area contributed by atoms with E-state index in [2.05, 4.69) is 20.8 Å². The van der Waals surface area contributed by atoms with Crippen LogP contribution in [0, 0.1) is 11.3 Å². The minimum atomic E-state index is -0.608. The van der Waals surface area contributed by atoms with Gasteiger partial charge in [0.25, 0.3) is 0 Å². The van der Waals surface area contributed by atoms with Gasteiger partial charge in [-0.3, -0.25) is 4.79 Å². The molecule has 4 heteroatoms. The van der Waals surface area contributed by atoms with Crippen molar-refractivity contribution >= 4 is 23.1 Å². The van der Waals surface area contributed by atoms with Crippen LogP contribution in [0.3, 0.4) is 0 Å². The van der Waals surface area contributed by atoms with Crippen LogP contribution >= 0.6 is 12.2 Å². The first-order valence-corrected chi connectivity index (χ1v) is 8.51. The van der Waals surface area contributed by atoms with Gasteiger partial charge in [-0.1, -0.05) is 45.8 Å². The molecule has 0 aliphatic heterocycles. The first kappa shape index (κ1) is 17.4. The van der Waals surface area contributed by atoms with E-state index in [4.69, 9.17) is 18.0 Å². The molecule has 1 aliphatic carbocycles. The molecule has 0 spiro atoms. The van der Waals surface area contributed by atoms with E-state index in [-0.39, 0.29) is 5.91 Å². The number of hydrogen-bond donors (Lipinski definition) is 1. The molecule has 0 unspecified atom stereocenters. The lowest BCUT2D eigenvalue weighted by atomic mass is 9.77. The van der Waals surface area contributed by atoms with Crippen LogP contribution in [0.1, 0.15) is 65.7 Å². The molecule has 3 nitrogen and oxygen atoms in total. The van der Waals surface area contributed by atoms with Crippen LogP contribution in [0.25, 0.3) is 0 Å². The van der Waals surface area contributed by atoms with Crippen molar-refractivity contribution in [2.75, 3.05) is 13.1 Å². The SMILES string of the molecule is CCCN(CC1CC1)C(=O)C(CCC)(CCC)C(N)=S. The van der Waals surface area contributed by atoms with E-state index < -0.39 is 5.41 Å². The minimum Gasteiger partial charge on any atom is -0.392 e. The molecule has 0 aromatic heterocycles. The third-order valence-corrected chi connectivity index (χ3v) is 4.58. The maximum absolute atomic E-state index is 13.1. The summed E-state index contributed by atoms with van der Waals surface area (Å²) < 4.78 is 0. The number of carbonyl (C=O) groups excluding carboxylic acids is 1. The smallest absolute Gasteiger partial charge is 0.235 e.